The fraction of sp³-hybridized carbons (Fsp3) is 0.333. The number of anilines is 1. The Morgan fingerprint density at radius 2 is 2.08 bits per heavy atom. The van der Waals surface area contributed by atoms with E-state index in [1.54, 1.807) is 12.3 Å². The zero-order valence-electron chi connectivity index (χ0n) is 21.9. The number of hydrogen-bond donors (Lipinski definition) is 3. The Labute approximate surface area is 225 Å². The number of rotatable bonds is 6. The number of allylic oxidation sites excluding steroid dienone is 3. The molecule has 8 nitrogen and oxygen atoms in total. The summed E-state index contributed by atoms with van der Waals surface area (Å²) >= 11 is 0. The number of nitrogens with zero attached hydrogens (tertiary/aromatic N) is 2. The van der Waals surface area contributed by atoms with E-state index in [9.17, 15) is 14.0 Å². The molecule has 3 aliphatic rings. The number of fused-ring (bicyclic) bond motifs is 1. The number of carbonyl (C=O) groups excluding carboxylic acids is 2. The third-order valence-corrected chi connectivity index (χ3v) is 7.68. The first kappa shape index (κ1) is 25.0. The SMILES string of the molecule is CC1(C)CCC2=C(C1=O)C(/C=C/c1ccc(-c3cccc(F)c3)cn1)c1c(OC(=O)NCC3CC3)n[nH]c1N2. The van der Waals surface area contributed by atoms with Gasteiger partial charge in [0.15, 0.2) is 5.78 Å². The maximum atomic E-state index is 13.7. The Morgan fingerprint density at radius 3 is 2.82 bits per heavy atom. The number of H-pyrrole nitrogens is 1. The van der Waals surface area contributed by atoms with Crippen molar-refractivity contribution in [2.75, 3.05) is 11.9 Å². The second kappa shape index (κ2) is 9.80. The van der Waals surface area contributed by atoms with Crippen LogP contribution in [0.1, 0.15) is 56.7 Å². The molecule has 1 fully saturated rings. The second-order valence-electron chi connectivity index (χ2n) is 11.1. The predicted octanol–water partition coefficient (Wildman–Crippen LogP) is 5.97. The van der Waals surface area contributed by atoms with Gasteiger partial charge in [-0.05, 0) is 61.4 Å². The number of pyridine rings is 1. The van der Waals surface area contributed by atoms with E-state index in [2.05, 4.69) is 25.8 Å². The van der Waals surface area contributed by atoms with Crippen molar-refractivity contribution >= 4 is 23.8 Å². The highest BCUT2D eigenvalue weighted by Gasteiger charge is 2.43. The average Bonchev–Trinajstić information content (AvgIpc) is 3.68. The smallest absolute Gasteiger partial charge is 0.389 e. The number of ether oxygens (including phenoxy) is 1. The monoisotopic (exact) mass is 527 g/mol. The summed E-state index contributed by atoms with van der Waals surface area (Å²) in [6.45, 7) is 4.49. The quantitative estimate of drug-likeness (QED) is 0.364. The van der Waals surface area contributed by atoms with Crippen molar-refractivity contribution in [1.82, 2.24) is 20.5 Å². The van der Waals surface area contributed by atoms with Crippen molar-refractivity contribution < 1.29 is 18.7 Å². The minimum Gasteiger partial charge on any atom is -0.389 e. The number of amides is 1. The summed E-state index contributed by atoms with van der Waals surface area (Å²) in [6.07, 6.45) is 8.55. The van der Waals surface area contributed by atoms with Crippen LogP contribution in [-0.4, -0.2) is 33.6 Å². The minimum atomic E-state index is -0.566. The van der Waals surface area contributed by atoms with Crippen molar-refractivity contribution in [2.45, 2.75) is 45.4 Å². The summed E-state index contributed by atoms with van der Waals surface area (Å²) in [5, 5.41) is 13.3. The van der Waals surface area contributed by atoms with E-state index in [-0.39, 0.29) is 17.5 Å². The Hall–Kier alpha value is -4.27. The first-order valence-electron chi connectivity index (χ1n) is 13.3. The summed E-state index contributed by atoms with van der Waals surface area (Å²) in [5.41, 5.74) is 3.81. The van der Waals surface area contributed by atoms with E-state index in [1.165, 1.54) is 12.1 Å². The summed E-state index contributed by atoms with van der Waals surface area (Å²) in [6, 6.07) is 10.1. The first-order valence-corrected chi connectivity index (χ1v) is 13.3. The Kier molecular flexibility index (Phi) is 6.29. The highest BCUT2D eigenvalue weighted by molar-refractivity contribution is 6.04. The highest BCUT2D eigenvalue weighted by Crippen LogP contribution is 2.49. The van der Waals surface area contributed by atoms with Gasteiger partial charge in [0.05, 0.1) is 11.3 Å². The average molecular weight is 528 g/mol. The molecule has 1 unspecified atom stereocenters. The van der Waals surface area contributed by atoms with Gasteiger partial charge < -0.3 is 15.4 Å². The van der Waals surface area contributed by atoms with Crippen LogP contribution in [0.25, 0.3) is 17.2 Å². The largest absolute Gasteiger partial charge is 0.414 e. The lowest BCUT2D eigenvalue weighted by Gasteiger charge is -2.37. The van der Waals surface area contributed by atoms with E-state index in [0.717, 1.165) is 42.5 Å². The van der Waals surface area contributed by atoms with Crippen LogP contribution in [0.2, 0.25) is 0 Å². The van der Waals surface area contributed by atoms with Crippen LogP contribution in [0.3, 0.4) is 0 Å². The van der Waals surface area contributed by atoms with Gasteiger partial charge in [-0.2, -0.15) is 0 Å². The summed E-state index contributed by atoms with van der Waals surface area (Å²) in [4.78, 5) is 30.7. The number of carbonyl (C=O) groups is 2. The summed E-state index contributed by atoms with van der Waals surface area (Å²) in [5.74, 6) is 0.515. The number of benzene rings is 1. The van der Waals surface area contributed by atoms with Crippen molar-refractivity contribution in [3.05, 3.63) is 77.0 Å². The van der Waals surface area contributed by atoms with Crippen LogP contribution >= 0.6 is 0 Å². The maximum Gasteiger partial charge on any atom is 0.414 e. The van der Waals surface area contributed by atoms with E-state index in [0.29, 0.717) is 35.1 Å². The fourth-order valence-corrected chi connectivity index (χ4v) is 5.14. The first-order chi connectivity index (χ1) is 18.8. The van der Waals surface area contributed by atoms with Crippen LogP contribution in [0.5, 0.6) is 5.88 Å². The van der Waals surface area contributed by atoms with Crippen LogP contribution in [-0.2, 0) is 4.79 Å². The van der Waals surface area contributed by atoms with Crippen molar-refractivity contribution in [3.63, 3.8) is 0 Å². The number of ketones is 1. The predicted molar refractivity (Wildman–Crippen MR) is 145 cm³/mol. The lowest BCUT2D eigenvalue weighted by Crippen LogP contribution is -2.36. The number of aromatic nitrogens is 3. The van der Waals surface area contributed by atoms with Gasteiger partial charge in [0.25, 0.3) is 0 Å². The molecule has 39 heavy (non-hydrogen) atoms. The van der Waals surface area contributed by atoms with Crippen molar-refractivity contribution in [2.24, 2.45) is 11.3 Å². The Balaban J connectivity index is 1.32. The molecule has 9 heteroatoms. The summed E-state index contributed by atoms with van der Waals surface area (Å²) in [7, 11) is 0. The molecule has 1 atom stereocenters. The molecule has 6 rings (SSSR count). The van der Waals surface area contributed by atoms with Gasteiger partial charge in [-0.15, -0.1) is 5.10 Å². The molecule has 1 aliphatic heterocycles. The molecular weight excluding hydrogens is 497 g/mol. The van der Waals surface area contributed by atoms with Crippen molar-refractivity contribution in [1.29, 1.82) is 0 Å². The highest BCUT2D eigenvalue weighted by atomic mass is 19.1. The Morgan fingerprint density at radius 1 is 1.23 bits per heavy atom. The normalized spacial score (nSPS) is 19.9. The molecule has 2 aliphatic carbocycles. The zero-order chi connectivity index (χ0) is 27.1. The van der Waals surface area contributed by atoms with Gasteiger partial charge in [0.2, 0.25) is 5.88 Å². The Bertz CT molecular complexity index is 1500. The minimum absolute atomic E-state index is 0.0521. The maximum absolute atomic E-state index is 13.7. The molecule has 1 amide bonds. The van der Waals surface area contributed by atoms with Crippen LogP contribution in [0, 0.1) is 17.2 Å². The lowest BCUT2D eigenvalue weighted by atomic mass is 9.69. The second-order valence-corrected chi connectivity index (χ2v) is 11.1. The fourth-order valence-electron chi connectivity index (χ4n) is 5.14. The molecule has 2 aromatic heterocycles. The lowest BCUT2D eigenvalue weighted by molar-refractivity contribution is -0.124. The molecule has 3 N–H and O–H groups in total. The molecule has 1 saturated carbocycles. The molecule has 200 valence electrons. The van der Waals surface area contributed by atoms with Crippen LogP contribution in [0.15, 0.2) is 59.9 Å². The third-order valence-electron chi connectivity index (χ3n) is 7.68. The van der Waals surface area contributed by atoms with Crippen molar-refractivity contribution in [3.8, 4) is 17.0 Å². The van der Waals surface area contributed by atoms with E-state index >= 15 is 0 Å². The van der Waals surface area contributed by atoms with Gasteiger partial charge in [-0.3, -0.25) is 14.9 Å². The molecule has 3 heterocycles. The molecule has 3 aromatic rings. The van der Waals surface area contributed by atoms with Crippen LogP contribution in [0.4, 0.5) is 15.0 Å². The summed E-state index contributed by atoms with van der Waals surface area (Å²) < 4.78 is 19.3. The van der Waals surface area contributed by atoms with Gasteiger partial charge in [0, 0.05) is 40.9 Å². The van der Waals surface area contributed by atoms with E-state index in [4.69, 9.17) is 4.74 Å². The van der Waals surface area contributed by atoms with Gasteiger partial charge in [-0.25, -0.2) is 9.18 Å². The molecule has 0 saturated heterocycles. The number of nitrogens with one attached hydrogen (secondary N) is 3. The van der Waals surface area contributed by atoms with Gasteiger partial charge >= 0.3 is 6.09 Å². The molecule has 0 radical (unpaired) electrons. The molecule has 1 aromatic carbocycles. The number of Topliss-reactive ketones (excluding diaryl/α,β-unsaturated/α-hetero) is 1. The van der Waals surface area contributed by atoms with E-state index in [1.807, 2.05) is 44.2 Å². The number of hydrogen-bond acceptors (Lipinski definition) is 6. The topological polar surface area (TPSA) is 109 Å². The molecular formula is C30H30FN5O3. The number of aromatic amines is 1. The zero-order valence-corrected chi connectivity index (χ0v) is 21.9. The van der Waals surface area contributed by atoms with E-state index < -0.39 is 17.4 Å². The number of halogens is 1. The standard InChI is InChI=1S/C30H30FN5O3/c1-30(2)13-12-23-24(26(30)37)22(11-10-21-9-8-19(16-32-21)18-4-3-5-20(31)14-18)25-27(34-23)35-36-28(25)39-29(38)33-15-17-6-7-17/h3-5,8-11,14,16-17,22H,6-7,12-13,15H2,1-2H3,(H,33,38)(H2,34,35,36)/b11-10+. The third kappa shape index (κ3) is 5.08. The van der Waals surface area contributed by atoms with Gasteiger partial charge in [-0.1, -0.05) is 38.1 Å². The van der Waals surface area contributed by atoms with Gasteiger partial charge in [0.1, 0.15) is 11.6 Å². The molecule has 0 bridgehead atoms. The molecule has 0 spiro atoms. The van der Waals surface area contributed by atoms with Crippen LogP contribution < -0.4 is 15.4 Å².